The van der Waals surface area contributed by atoms with Gasteiger partial charge in [0.25, 0.3) is 0 Å². The van der Waals surface area contributed by atoms with Crippen LogP contribution >= 0.6 is 11.3 Å². The number of benzene rings is 1. The Morgan fingerprint density at radius 2 is 2.00 bits per heavy atom. The van der Waals surface area contributed by atoms with Crippen LogP contribution in [0.2, 0.25) is 0 Å². The summed E-state index contributed by atoms with van der Waals surface area (Å²) in [5, 5.41) is 4.67. The molecule has 0 radical (unpaired) electrons. The number of fused-ring (bicyclic) bond motifs is 3. The maximum absolute atomic E-state index is 4.78. The first kappa shape index (κ1) is 10.5. The van der Waals surface area contributed by atoms with E-state index in [1.807, 2.05) is 6.07 Å². The Hall–Kier alpha value is -1.67. The van der Waals surface area contributed by atoms with Crippen LogP contribution in [-0.4, -0.2) is 4.98 Å². The van der Waals surface area contributed by atoms with Gasteiger partial charge in [-0.25, -0.2) is 4.98 Å². The van der Waals surface area contributed by atoms with Crippen LogP contribution in [0.25, 0.3) is 26.6 Å². The normalized spacial score (nSPS) is 12.5. The molecule has 0 saturated carbocycles. The summed E-state index contributed by atoms with van der Waals surface area (Å²) in [6.45, 7) is 4.18. The van der Waals surface area contributed by atoms with Crippen molar-refractivity contribution in [2.45, 2.75) is 13.8 Å². The minimum Gasteiger partial charge on any atom is -0.247 e. The minimum absolute atomic E-state index is 1.08. The monoisotopic (exact) mass is 239 g/mol. The highest BCUT2D eigenvalue weighted by molar-refractivity contribution is 7.18. The van der Waals surface area contributed by atoms with Crippen molar-refractivity contribution >= 4 is 37.9 Å². The molecule has 0 saturated heterocycles. The molecular weight excluding hydrogens is 226 g/mol. The second-order valence-corrected chi connectivity index (χ2v) is 5.03. The van der Waals surface area contributed by atoms with Crippen molar-refractivity contribution in [3.63, 3.8) is 0 Å². The Bertz CT molecular complexity index is 722. The number of para-hydroxylation sites is 1. The molecule has 0 amide bonds. The highest BCUT2D eigenvalue weighted by atomic mass is 32.1. The Morgan fingerprint density at radius 3 is 2.82 bits per heavy atom. The van der Waals surface area contributed by atoms with Gasteiger partial charge in [0.15, 0.2) is 0 Å². The van der Waals surface area contributed by atoms with E-state index in [2.05, 4.69) is 49.6 Å². The van der Waals surface area contributed by atoms with Crippen LogP contribution in [0.4, 0.5) is 0 Å². The zero-order valence-corrected chi connectivity index (χ0v) is 10.7. The van der Waals surface area contributed by atoms with Crippen LogP contribution in [0, 0.1) is 0 Å². The first-order valence-electron chi connectivity index (χ1n) is 5.70. The van der Waals surface area contributed by atoms with Gasteiger partial charge in [0, 0.05) is 15.5 Å². The lowest BCUT2D eigenvalue weighted by molar-refractivity contribution is 1.36. The topological polar surface area (TPSA) is 12.9 Å². The van der Waals surface area contributed by atoms with Gasteiger partial charge >= 0.3 is 0 Å². The van der Waals surface area contributed by atoms with Crippen LogP contribution in [0.3, 0.4) is 0 Å². The van der Waals surface area contributed by atoms with Crippen LogP contribution in [-0.2, 0) is 0 Å². The van der Waals surface area contributed by atoms with Gasteiger partial charge in [-0.05, 0) is 36.9 Å². The molecule has 0 unspecified atom stereocenters. The molecule has 1 aromatic carbocycles. The fourth-order valence-corrected chi connectivity index (χ4v) is 3.02. The third-order valence-corrected chi connectivity index (χ3v) is 4.06. The molecule has 0 bridgehead atoms. The average molecular weight is 239 g/mol. The summed E-state index contributed by atoms with van der Waals surface area (Å²) >= 11 is 1.79. The van der Waals surface area contributed by atoms with Crippen LogP contribution in [0.1, 0.15) is 19.5 Å². The summed E-state index contributed by atoms with van der Waals surface area (Å²) in [6.07, 6.45) is 2.12. The molecule has 0 atom stereocenters. The van der Waals surface area contributed by atoms with Crippen molar-refractivity contribution in [3.05, 3.63) is 47.5 Å². The molecule has 0 N–H and O–H groups in total. The van der Waals surface area contributed by atoms with Crippen LogP contribution in [0.5, 0.6) is 0 Å². The van der Waals surface area contributed by atoms with Crippen molar-refractivity contribution in [3.8, 4) is 0 Å². The molecule has 3 aromatic rings. The van der Waals surface area contributed by atoms with Gasteiger partial charge in [-0.3, -0.25) is 0 Å². The number of nitrogens with zero attached hydrogens (tertiary/aromatic N) is 1. The van der Waals surface area contributed by atoms with E-state index in [4.69, 9.17) is 4.98 Å². The number of aromatic nitrogens is 1. The lowest BCUT2D eigenvalue weighted by Gasteiger charge is -2.06. The zero-order chi connectivity index (χ0) is 11.8. The van der Waals surface area contributed by atoms with Gasteiger partial charge in [0.2, 0.25) is 0 Å². The van der Waals surface area contributed by atoms with Crippen molar-refractivity contribution in [1.29, 1.82) is 0 Å². The quantitative estimate of drug-likeness (QED) is 0.590. The molecule has 84 valence electrons. The first-order valence-corrected chi connectivity index (χ1v) is 6.58. The smallest absolute Gasteiger partial charge is 0.0750 e. The molecule has 0 aliphatic rings. The standard InChI is InChI=1S/C15H13NS/c1-3-10(2)14-12-8-9-17-15(12)11-6-4-5-7-13(11)16-14/h3-9H,1-2H3/b10-3+. The lowest BCUT2D eigenvalue weighted by atomic mass is 10.1. The molecule has 2 heteroatoms. The third-order valence-electron chi connectivity index (χ3n) is 3.11. The van der Waals surface area contributed by atoms with E-state index < -0.39 is 0 Å². The van der Waals surface area contributed by atoms with E-state index in [9.17, 15) is 0 Å². The molecule has 0 aliphatic carbocycles. The Kier molecular flexibility index (Phi) is 2.45. The maximum Gasteiger partial charge on any atom is 0.0750 e. The summed E-state index contributed by atoms with van der Waals surface area (Å²) in [5.41, 5.74) is 3.43. The summed E-state index contributed by atoms with van der Waals surface area (Å²) in [7, 11) is 0. The van der Waals surface area contributed by atoms with E-state index in [1.165, 1.54) is 21.0 Å². The molecule has 0 aliphatic heterocycles. The molecule has 0 fully saturated rings. The SMILES string of the molecule is C/C=C(\C)c1nc2ccccc2c2sccc12. The minimum atomic E-state index is 1.08. The average Bonchev–Trinajstić information content (AvgIpc) is 2.86. The van der Waals surface area contributed by atoms with E-state index in [1.54, 1.807) is 11.3 Å². The molecule has 17 heavy (non-hydrogen) atoms. The molecule has 2 heterocycles. The number of hydrogen-bond donors (Lipinski definition) is 0. The number of allylic oxidation sites excluding steroid dienone is 2. The fraction of sp³-hybridized carbons (Fsp3) is 0.133. The van der Waals surface area contributed by atoms with Crippen molar-refractivity contribution in [2.24, 2.45) is 0 Å². The number of thiophene rings is 1. The summed E-state index contributed by atoms with van der Waals surface area (Å²) in [5.74, 6) is 0. The Labute approximate surface area is 104 Å². The van der Waals surface area contributed by atoms with Gasteiger partial charge in [0.1, 0.15) is 0 Å². The maximum atomic E-state index is 4.78. The molecular formula is C15H13NS. The summed E-state index contributed by atoms with van der Waals surface area (Å²) in [6, 6.07) is 10.5. The van der Waals surface area contributed by atoms with Gasteiger partial charge in [-0.2, -0.15) is 0 Å². The second-order valence-electron chi connectivity index (χ2n) is 4.11. The largest absolute Gasteiger partial charge is 0.247 e. The van der Waals surface area contributed by atoms with Crippen molar-refractivity contribution in [1.82, 2.24) is 4.98 Å². The van der Waals surface area contributed by atoms with Crippen LogP contribution in [0.15, 0.2) is 41.8 Å². The Morgan fingerprint density at radius 1 is 1.18 bits per heavy atom. The third kappa shape index (κ3) is 1.56. The zero-order valence-electron chi connectivity index (χ0n) is 9.90. The van der Waals surface area contributed by atoms with E-state index >= 15 is 0 Å². The van der Waals surface area contributed by atoms with Crippen molar-refractivity contribution in [2.75, 3.05) is 0 Å². The fourth-order valence-electron chi connectivity index (χ4n) is 2.09. The predicted octanol–water partition coefficient (Wildman–Crippen LogP) is 4.87. The van der Waals surface area contributed by atoms with Crippen molar-refractivity contribution < 1.29 is 0 Å². The molecule has 3 rings (SSSR count). The number of rotatable bonds is 1. The predicted molar refractivity (Wildman–Crippen MR) is 76.5 cm³/mol. The Balaban J connectivity index is 2.52. The van der Waals surface area contributed by atoms with Gasteiger partial charge in [0.05, 0.1) is 11.2 Å². The van der Waals surface area contributed by atoms with Crippen LogP contribution < -0.4 is 0 Å². The first-order chi connectivity index (χ1) is 8.31. The van der Waals surface area contributed by atoms with Gasteiger partial charge in [-0.15, -0.1) is 11.3 Å². The molecule has 1 nitrogen and oxygen atoms in total. The highest BCUT2D eigenvalue weighted by Crippen LogP contribution is 2.33. The van der Waals surface area contributed by atoms with E-state index in [0.717, 1.165) is 11.2 Å². The number of pyridine rings is 1. The lowest BCUT2D eigenvalue weighted by Crippen LogP contribution is -1.88. The molecule has 2 aromatic heterocycles. The van der Waals surface area contributed by atoms with E-state index in [-0.39, 0.29) is 0 Å². The molecule has 0 spiro atoms. The van der Waals surface area contributed by atoms with Gasteiger partial charge in [-0.1, -0.05) is 24.3 Å². The van der Waals surface area contributed by atoms with E-state index in [0.29, 0.717) is 0 Å². The summed E-state index contributed by atoms with van der Waals surface area (Å²) in [4.78, 5) is 4.78. The second kappa shape index (κ2) is 3.97. The van der Waals surface area contributed by atoms with Gasteiger partial charge < -0.3 is 0 Å². The number of hydrogen-bond acceptors (Lipinski definition) is 2. The summed E-state index contributed by atoms with van der Waals surface area (Å²) < 4.78 is 1.34. The highest BCUT2D eigenvalue weighted by Gasteiger charge is 2.09.